The smallest absolute Gasteiger partial charge is 0.276 e. The van der Waals surface area contributed by atoms with Crippen molar-refractivity contribution >= 4 is 35.2 Å². The standard InChI is InChI=1S/C20H21N3O5S/c1-12-19(27)23(20(29-12)14-3-7-16(25)8-4-14)22-18(26)11-28-17-9-5-15(6-10-17)21-13(2)24/h3-10,12,20,25H,11H2,1-2H3,(H,21,24)(H,22,26). The number of benzene rings is 2. The summed E-state index contributed by atoms with van der Waals surface area (Å²) in [5, 5.41) is 12.7. The highest BCUT2D eigenvalue weighted by Gasteiger charge is 2.39. The van der Waals surface area contributed by atoms with Gasteiger partial charge in [-0.05, 0) is 48.9 Å². The number of nitrogens with zero attached hydrogens (tertiary/aromatic N) is 1. The fourth-order valence-electron chi connectivity index (χ4n) is 2.76. The van der Waals surface area contributed by atoms with Crippen molar-refractivity contribution in [3.8, 4) is 11.5 Å². The van der Waals surface area contributed by atoms with E-state index in [1.807, 2.05) is 0 Å². The third kappa shape index (κ3) is 5.20. The van der Waals surface area contributed by atoms with E-state index in [1.165, 1.54) is 35.8 Å². The van der Waals surface area contributed by atoms with E-state index in [-0.39, 0.29) is 34.8 Å². The highest BCUT2D eigenvalue weighted by Crippen LogP contribution is 2.41. The number of amides is 3. The Morgan fingerprint density at radius 1 is 1.14 bits per heavy atom. The number of nitrogens with one attached hydrogen (secondary N) is 2. The van der Waals surface area contributed by atoms with E-state index < -0.39 is 5.91 Å². The molecule has 2 atom stereocenters. The first-order valence-electron chi connectivity index (χ1n) is 8.91. The lowest BCUT2D eigenvalue weighted by atomic mass is 10.2. The van der Waals surface area contributed by atoms with Crippen LogP contribution in [0.1, 0.15) is 24.8 Å². The Morgan fingerprint density at radius 2 is 1.79 bits per heavy atom. The second-order valence-electron chi connectivity index (χ2n) is 6.46. The zero-order chi connectivity index (χ0) is 21.0. The molecule has 0 bridgehead atoms. The van der Waals surface area contributed by atoms with Crippen LogP contribution in [0.4, 0.5) is 5.69 Å². The Kier molecular flexibility index (Phi) is 6.28. The van der Waals surface area contributed by atoms with Gasteiger partial charge in [-0.15, -0.1) is 11.8 Å². The van der Waals surface area contributed by atoms with E-state index in [9.17, 15) is 19.5 Å². The topological polar surface area (TPSA) is 108 Å². The number of hydrogen-bond donors (Lipinski definition) is 3. The lowest BCUT2D eigenvalue weighted by Gasteiger charge is -2.24. The van der Waals surface area contributed by atoms with Gasteiger partial charge < -0.3 is 15.2 Å². The normalized spacial score (nSPS) is 18.4. The van der Waals surface area contributed by atoms with Crippen LogP contribution >= 0.6 is 11.8 Å². The minimum Gasteiger partial charge on any atom is -0.508 e. The van der Waals surface area contributed by atoms with E-state index in [4.69, 9.17) is 4.74 Å². The fourth-order valence-corrected chi connectivity index (χ4v) is 3.97. The molecule has 3 amide bonds. The van der Waals surface area contributed by atoms with Crippen molar-refractivity contribution in [2.75, 3.05) is 11.9 Å². The first kappa shape index (κ1) is 20.5. The second kappa shape index (κ2) is 8.87. The van der Waals surface area contributed by atoms with Crippen LogP contribution in [0.5, 0.6) is 11.5 Å². The monoisotopic (exact) mass is 415 g/mol. The molecule has 0 saturated carbocycles. The Balaban J connectivity index is 1.60. The van der Waals surface area contributed by atoms with Crippen LogP contribution in [0, 0.1) is 0 Å². The summed E-state index contributed by atoms with van der Waals surface area (Å²) in [6, 6.07) is 13.1. The molecule has 2 unspecified atom stereocenters. The maximum atomic E-state index is 12.5. The Hall–Kier alpha value is -3.20. The van der Waals surface area contributed by atoms with Crippen LogP contribution in [-0.4, -0.2) is 39.7 Å². The largest absolute Gasteiger partial charge is 0.508 e. The number of carbonyl (C=O) groups is 3. The van der Waals surface area contributed by atoms with Crippen LogP contribution in [-0.2, 0) is 14.4 Å². The van der Waals surface area contributed by atoms with Crippen molar-refractivity contribution in [1.82, 2.24) is 10.4 Å². The van der Waals surface area contributed by atoms with E-state index in [2.05, 4.69) is 10.7 Å². The summed E-state index contributed by atoms with van der Waals surface area (Å²) in [7, 11) is 0. The molecule has 8 nitrogen and oxygen atoms in total. The summed E-state index contributed by atoms with van der Waals surface area (Å²) < 4.78 is 5.45. The first-order chi connectivity index (χ1) is 13.8. The molecule has 1 aliphatic rings. The zero-order valence-electron chi connectivity index (χ0n) is 15.9. The van der Waals surface area contributed by atoms with Crippen molar-refractivity contribution in [2.45, 2.75) is 24.5 Å². The Bertz CT molecular complexity index is 901. The molecule has 1 saturated heterocycles. The molecule has 1 heterocycles. The maximum absolute atomic E-state index is 12.5. The molecule has 1 aliphatic heterocycles. The van der Waals surface area contributed by atoms with Crippen molar-refractivity contribution in [2.24, 2.45) is 0 Å². The van der Waals surface area contributed by atoms with Crippen LogP contribution in [0.25, 0.3) is 0 Å². The van der Waals surface area contributed by atoms with Gasteiger partial charge in [0.1, 0.15) is 16.9 Å². The van der Waals surface area contributed by atoms with Gasteiger partial charge in [-0.1, -0.05) is 12.1 Å². The number of phenolic OH excluding ortho intramolecular Hbond substituents is 1. The average molecular weight is 415 g/mol. The van der Waals surface area contributed by atoms with Crippen molar-refractivity contribution in [1.29, 1.82) is 0 Å². The predicted molar refractivity (Wildman–Crippen MR) is 109 cm³/mol. The summed E-state index contributed by atoms with van der Waals surface area (Å²) in [4.78, 5) is 35.8. The van der Waals surface area contributed by atoms with Gasteiger partial charge in [0.05, 0.1) is 5.25 Å². The molecule has 0 aromatic heterocycles. The average Bonchev–Trinajstić information content (AvgIpc) is 2.96. The Morgan fingerprint density at radius 3 is 2.41 bits per heavy atom. The molecular formula is C20H21N3O5S. The molecule has 0 spiro atoms. The minimum absolute atomic E-state index is 0.129. The van der Waals surface area contributed by atoms with Crippen molar-refractivity contribution in [3.05, 3.63) is 54.1 Å². The lowest BCUT2D eigenvalue weighted by molar-refractivity contribution is -0.141. The molecule has 29 heavy (non-hydrogen) atoms. The molecule has 2 aromatic carbocycles. The fraction of sp³-hybridized carbons (Fsp3) is 0.250. The van der Waals surface area contributed by atoms with E-state index in [1.54, 1.807) is 43.3 Å². The molecule has 0 radical (unpaired) electrons. The predicted octanol–water partition coefficient (Wildman–Crippen LogP) is 2.42. The number of aromatic hydroxyl groups is 1. The van der Waals surface area contributed by atoms with Gasteiger partial charge in [0.2, 0.25) is 5.91 Å². The molecular weight excluding hydrogens is 394 g/mol. The highest BCUT2D eigenvalue weighted by atomic mass is 32.2. The van der Waals surface area contributed by atoms with Gasteiger partial charge in [-0.2, -0.15) is 0 Å². The maximum Gasteiger partial charge on any atom is 0.276 e. The number of hydrazine groups is 1. The number of anilines is 1. The van der Waals surface area contributed by atoms with Gasteiger partial charge in [0, 0.05) is 12.6 Å². The number of hydrogen-bond acceptors (Lipinski definition) is 6. The van der Waals surface area contributed by atoms with E-state index in [0.717, 1.165) is 5.56 Å². The number of rotatable bonds is 6. The third-order valence-electron chi connectivity index (χ3n) is 4.12. The van der Waals surface area contributed by atoms with Gasteiger partial charge in [-0.3, -0.25) is 19.8 Å². The molecule has 2 aromatic rings. The summed E-state index contributed by atoms with van der Waals surface area (Å²) >= 11 is 1.41. The molecule has 152 valence electrons. The highest BCUT2D eigenvalue weighted by molar-refractivity contribution is 8.01. The van der Waals surface area contributed by atoms with Gasteiger partial charge in [0.15, 0.2) is 6.61 Å². The number of ether oxygens (including phenoxy) is 1. The van der Waals surface area contributed by atoms with Gasteiger partial charge in [-0.25, -0.2) is 5.01 Å². The Labute approximate surface area is 172 Å². The molecule has 1 fully saturated rings. The van der Waals surface area contributed by atoms with E-state index >= 15 is 0 Å². The molecule has 3 N–H and O–H groups in total. The van der Waals surface area contributed by atoms with E-state index in [0.29, 0.717) is 11.4 Å². The SMILES string of the molecule is CC(=O)Nc1ccc(OCC(=O)NN2C(=O)C(C)SC2c2ccc(O)cc2)cc1. The van der Waals surface area contributed by atoms with Crippen LogP contribution in [0.2, 0.25) is 0 Å². The summed E-state index contributed by atoms with van der Waals surface area (Å²) in [5.41, 5.74) is 4.03. The zero-order valence-corrected chi connectivity index (χ0v) is 16.7. The van der Waals surface area contributed by atoms with Gasteiger partial charge >= 0.3 is 0 Å². The van der Waals surface area contributed by atoms with Crippen LogP contribution in [0.15, 0.2) is 48.5 Å². The van der Waals surface area contributed by atoms with Gasteiger partial charge in [0.25, 0.3) is 11.8 Å². The lowest BCUT2D eigenvalue weighted by Crippen LogP contribution is -2.47. The molecule has 3 rings (SSSR count). The summed E-state index contributed by atoms with van der Waals surface area (Å²) in [6.45, 7) is 2.92. The molecule has 0 aliphatic carbocycles. The van der Waals surface area contributed by atoms with Crippen LogP contribution < -0.4 is 15.5 Å². The first-order valence-corrected chi connectivity index (χ1v) is 9.85. The number of phenols is 1. The van der Waals surface area contributed by atoms with Crippen molar-refractivity contribution < 1.29 is 24.2 Å². The number of thioether (sulfide) groups is 1. The second-order valence-corrected chi connectivity index (χ2v) is 7.89. The summed E-state index contributed by atoms with van der Waals surface area (Å²) in [6.07, 6.45) is 0. The molecule has 9 heteroatoms. The quantitative estimate of drug-likeness (QED) is 0.669. The summed E-state index contributed by atoms with van der Waals surface area (Å²) in [5.74, 6) is -0.267. The van der Waals surface area contributed by atoms with Crippen LogP contribution in [0.3, 0.4) is 0 Å². The third-order valence-corrected chi connectivity index (χ3v) is 5.47. The van der Waals surface area contributed by atoms with Crippen molar-refractivity contribution in [3.63, 3.8) is 0 Å². The minimum atomic E-state index is -0.470. The number of carbonyl (C=O) groups excluding carboxylic acids is 3.